The third-order valence-electron chi connectivity index (χ3n) is 10.5. The van der Waals surface area contributed by atoms with Crippen molar-refractivity contribution in [1.82, 2.24) is 10.5 Å². The van der Waals surface area contributed by atoms with Crippen LogP contribution in [0.25, 0.3) is 0 Å². The van der Waals surface area contributed by atoms with Crippen LogP contribution in [0, 0.1) is 5.92 Å². The number of benzene rings is 2. The summed E-state index contributed by atoms with van der Waals surface area (Å²) in [6.45, 7) is 16.6. The number of aliphatic hydroxyl groups is 3. The van der Waals surface area contributed by atoms with E-state index in [9.17, 15) is 10.2 Å². The predicted octanol–water partition coefficient (Wildman–Crippen LogP) is 3.18. The minimum atomic E-state index is -2.60. The Hall–Kier alpha value is -0.866. The summed E-state index contributed by atoms with van der Waals surface area (Å²) in [5, 5.41) is 33.0. The third kappa shape index (κ3) is 9.05. The molecule has 12 atom stereocenters. The van der Waals surface area contributed by atoms with Gasteiger partial charge in [-0.2, -0.15) is 21.8 Å². The Kier molecular flexibility index (Phi) is 14.2. The number of epoxide rings is 1. The molecule has 0 aromatic heterocycles. The van der Waals surface area contributed by atoms with E-state index in [4.69, 9.17) is 33.4 Å². The number of hydrogen-bond donors (Lipinski definition) is 4. The lowest BCUT2D eigenvalue weighted by atomic mass is 9.91. The molecule has 0 aliphatic carbocycles. The van der Waals surface area contributed by atoms with Crippen LogP contribution >= 0.6 is 23.0 Å². The summed E-state index contributed by atoms with van der Waals surface area (Å²) in [5.41, 5.74) is 2.10. The van der Waals surface area contributed by atoms with Crippen LogP contribution in [-0.4, -0.2) is 135 Å². The Morgan fingerprint density at radius 3 is 1.88 bits per heavy atom. The molecule has 5 fully saturated rings. The van der Waals surface area contributed by atoms with Gasteiger partial charge in [0.25, 0.3) is 8.32 Å². The normalized spacial score (nSPS) is 35.6. The standard InChI is InChI=1S/C25H33NO4Si.C8H15NO5S.C4H12SSi/c1-17-21-23(29-24-22(17)28-24)20(26(5)30-21)16-27-31(25(2,3)4,18-12-8-6-9-13-18)19-14-10-7-11-15-19;1-15-8-5(12)4(11)7-6(13-8)3(2-10)9-14-7;1-5-6(2,3)4/h6-15,17,20-24H,16H2,1-5H3;3-12H,2H2,1H3;1-4H3/t17-,20+,21+,22+,23+,24-;3-,4+,5-,6-,7?,8?;/m01./s1. The van der Waals surface area contributed by atoms with Crippen molar-refractivity contribution in [2.45, 2.75) is 119 Å². The zero-order chi connectivity index (χ0) is 38.0. The number of ether oxygens (including phenoxy) is 3. The molecule has 2 unspecified atom stereocenters. The van der Waals surface area contributed by atoms with Gasteiger partial charge in [-0.05, 0) is 27.9 Å². The van der Waals surface area contributed by atoms with Crippen LogP contribution in [0.1, 0.15) is 27.7 Å². The number of hydroxylamine groups is 3. The highest BCUT2D eigenvalue weighted by Crippen LogP contribution is 2.46. The fourth-order valence-electron chi connectivity index (χ4n) is 7.32. The van der Waals surface area contributed by atoms with Crippen LogP contribution < -0.4 is 15.9 Å². The molecule has 0 saturated carbocycles. The van der Waals surface area contributed by atoms with Gasteiger partial charge in [-0.3, -0.25) is 9.68 Å². The Balaban J connectivity index is 0.000000206. The van der Waals surface area contributed by atoms with Crippen molar-refractivity contribution in [2.24, 2.45) is 5.92 Å². The fourth-order valence-corrected chi connectivity index (χ4v) is 12.6. The molecule has 4 N–H and O–H groups in total. The Labute approximate surface area is 320 Å². The molecule has 0 amide bonds. The quantitative estimate of drug-likeness (QED) is 0.231. The molecule has 5 aliphatic rings. The molecule has 7 rings (SSSR count). The zero-order valence-corrected chi connectivity index (χ0v) is 35.8. The molecule has 2 aromatic carbocycles. The van der Waals surface area contributed by atoms with Gasteiger partial charge in [-0.25, -0.2) is 0 Å². The number of likely N-dealkylation sites (N-methyl/N-ethyl adjacent to an activating group) is 1. The fraction of sp³-hybridized carbons (Fsp3) is 0.676. The van der Waals surface area contributed by atoms with E-state index in [2.05, 4.69) is 120 Å². The minimum Gasteiger partial charge on any atom is -0.406 e. The lowest BCUT2D eigenvalue weighted by Gasteiger charge is -2.44. The smallest absolute Gasteiger partial charge is 0.261 e. The summed E-state index contributed by atoms with van der Waals surface area (Å²) >= 11 is 3.34. The van der Waals surface area contributed by atoms with Crippen molar-refractivity contribution in [3.8, 4) is 0 Å². The molecule has 11 nitrogen and oxygen atoms in total. The van der Waals surface area contributed by atoms with Gasteiger partial charge in [0.15, 0.2) is 6.29 Å². The van der Waals surface area contributed by atoms with E-state index < -0.39 is 45.4 Å². The predicted molar refractivity (Wildman–Crippen MR) is 213 cm³/mol. The highest BCUT2D eigenvalue weighted by molar-refractivity contribution is 8.28. The van der Waals surface area contributed by atoms with Crippen LogP contribution in [0.15, 0.2) is 60.7 Å². The molecule has 0 spiro atoms. The topological polar surface area (TPSA) is 135 Å². The van der Waals surface area contributed by atoms with Crippen molar-refractivity contribution in [3.05, 3.63) is 60.7 Å². The summed E-state index contributed by atoms with van der Waals surface area (Å²) in [4.78, 5) is 11.3. The number of nitrogens with zero attached hydrogens (tertiary/aromatic N) is 1. The van der Waals surface area contributed by atoms with Gasteiger partial charge in [0.1, 0.15) is 55.4 Å². The minimum absolute atomic E-state index is 0.0153. The van der Waals surface area contributed by atoms with Gasteiger partial charge >= 0.3 is 0 Å². The maximum Gasteiger partial charge on any atom is 0.261 e. The largest absolute Gasteiger partial charge is 0.406 e. The van der Waals surface area contributed by atoms with Gasteiger partial charge < -0.3 is 34.0 Å². The average molecular weight is 797 g/mol. The van der Waals surface area contributed by atoms with E-state index in [-0.39, 0.29) is 48.3 Å². The molecular weight excluding hydrogens is 737 g/mol. The van der Waals surface area contributed by atoms with Crippen LogP contribution in [-0.2, 0) is 28.3 Å². The third-order valence-corrected chi connectivity index (χ3v) is 21.3. The van der Waals surface area contributed by atoms with Gasteiger partial charge in [-0.15, -0.1) is 11.8 Å². The average Bonchev–Trinajstić information content (AvgIpc) is 3.68. The second-order valence-corrected chi connectivity index (χ2v) is 30.9. The molecular formula is C37H60N2O9S2Si2. The van der Waals surface area contributed by atoms with E-state index in [0.29, 0.717) is 12.5 Å². The van der Waals surface area contributed by atoms with E-state index in [1.165, 1.54) is 22.1 Å². The van der Waals surface area contributed by atoms with Crippen molar-refractivity contribution in [2.75, 3.05) is 32.8 Å². The van der Waals surface area contributed by atoms with Crippen molar-refractivity contribution < 1.29 is 43.6 Å². The highest BCUT2D eigenvalue weighted by atomic mass is 32.4. The lowest BCUT2D eigenvalue weighted by molar-refractivity contribution is -0.190. The number of fused-ring (bicyclic) bond motifs is 3. The molecule has 0 radical (unpaired) electrons. The first-order valence-corrected chi connectivity index (χ1v) is 26.8. The van der Waals surface area contributed by atoms with E-state index >= 15 is 0 Å². The van der Waals surface area contributed by atoms with E-state index in [0.717, 1.165) is 0 Å². The summed E-state index contributed by atoms with van der Waals surface area (Å²) in [7, 11) is -1.31. The number of thioether (sulfide) groups is 1. The Bertz CT molecular complexity index is 1370. The van der Waals surface area contributed by atoms with Gasteiger partial charge in [0.2, 0.25) is 0 Å². The van der Waals surface area contributed by atoms with Crippen LogP contribution in [0.2, 0.25) is 24.7 Å². The second-order valence-electron chi connectivity index (χ2n) is 16.1. The Morgan fingerprint density at radius 1 is 0.827 bits per heavy atom. The monoisotopic (exact) mass is 796 g/mol. The first-order valence-electron chi connectivity index (χ1n) is 18.1. The lowest BCUT2D eigenvalue weighted by Crippen LogP contribution is -2.67. The first kappa shape index (κ1) is 42.3. The van der Waals surface area contributed by atoms with Crippen molar-refractivity contribution in [1.29, 1.82) is 0 Å². The van der Waals surface area contributed by atoms with Crippen LogP contribution in [0.4, 0.5) is 0 Å². The maximum absolute atomic E-state index is 9.77. The first-order chi connectivity index (χ1) is 24.6. The number of hydrogen-bond acceptors (Lipinski definition) is 13. The molecule has 15 heteroatoms. The molecule has 2 aromatic rings. The van der Waals surface area contributed by atoms with Gasteiger partial charge in [0, 0.05) is 13.0 Å². The molecule has 5 aliphatic heterocycles. The molecule has 0 bridgehead atoms. The summed E-state index contributed by atoms with van der Waals surface area (Å²) < 4.78 is 24.6. The maximum atomic E-state index is 9.77. The summed E-state index contributed by atoms with van der Waals surface area (Å²) in [6, 6.07) is 21.2. The molecule has 292 valence electrons. The molecule has 5 saturated heterocycles. The van der Waals surface area contributed by atoms with Gasteiger partial charge in [-0.1, -0.05) is 108 Å². The number of rotatable bonds is 8. The number of nitrogens with one attached hydrogen (secondary N) is 1. The van der Waals surface area contributed by atoms with E-state index in [1.807, 2.05) is 23.3 Å². The second kappa shape index (κ2) is 17.5. The SMILES string of the molecule is CSC1O[C@H]2C(ON[C@@H]2CO)[C@@H](O)[C@H]1O.CS[Si](C)(C)C.C[C@H]1[C@H]2ON(C)[C@H](CO[Si](c3ccccc3)(c3ccccc3)C(C)(C)C)[C@H]2O[C@@H]2O[C@@H]21. The van der Waals surface area contributed by atoms with Crippen molar-refractivity contribution >= 4 is 48.9 Å². The number of aliphatic hydroxyl groups excluding tert-OH is 3. The highest BCUT2D eigenvalue weighted by Gasteiger charge is 2.61. The van der Waals surface area contributed by atoms with E-state index in [1.54, 1.807) is 6.26 Å². The summed E-state index contributed by atoms with van der Waals surface area (Å²) in [6.07, 6.45) is 1.03. The molecule has 5 heterocycles. The van der Waals surface area contributed by atoms with Gasteiger partial charge in [0.05, 0.1) is 25.3 Å². The van der Waals surface area contributed by atoms with Crippen LogP contribution in [0.5, 0.6) is 0 Å². The summed E-state index contributed by atoms with van der Waals surface area (Å²) in [5.74, 6) is 0.323. The van der Waals surface area contributed by atoms with Crippen LogP contribution in [0.3, 0.4) is 0 Å². The van der Waals surface area contributed by atoms with Crippen molar-refractivity contribution in [3.63, 3.8) is 0 Å². The molecule has 52 heavy (non-hydrogen) atoms. The zero-order valence-electron chi connectivity index (χ0n) is 32.2. The Morgan fingerprint density at radius 2 is 1.38 bits per heavy atom.